The van der Waals surface area contributed by atoms with Crippen LogP contribution in [0, 0.1) is 6.92 Å². The van der Waals surface area contributed by atoms with Crippen LogP contribution in [-0.2, 0) is 16.0 Å². The van der Waals surface area contributed by atoms with Gasteiger partial charge >= 0.3 is 5.97 Å². The molecule has 0 spiro atoms. The highest BCUT2D eigenvalue weighted by molar-refractivity contribution is 5.81. The van der Waals surface area contributed by atoms with Crippen molar-refractivity contribution >= 4 is 23.0 Å². The van der Waals surface area contributed by atoms with Gasteiger partial charge in [-0.3, -0.25) is 9.59 Å². The van der Waals surface area contributed by atoms with Crippen molar-refractivity contribution in [2.75, 3.05) is 12.3 Å². The molecule has 0 atom stereocenters. The highest BCUT2D eigenvalue weighted by Crippen LogP contribution is 2.11. The van der Waals surface area contributed by atoms with E-state index in [4.69, 9.17) is 10.5 Å². The Bertz CT molecular complexity index is 695. The molecule has 19 heavy (non-hydrogen) atoms. The zero-order valence-electron chi connectivity index (χ0n) is 10.6. The third-order valence-electron chi connectivity index (χ3n) is 2.38. The number of nitrogens with one attached hydrogen (secondary N) is 1. The van der Waals surface area contributed by atoms with Crippen LogP contribution >= 0.6 is 0 Å². The standard InChI is InChI=1S/C11H13N5O3/c1-3-19-7(17)4-6-11(18)16-10-8(15-6)9(12)13-5(2)14-10/h3-4H2,1-2H3,(H3,12,13,14,16,18). The van der Waals surface area contributed by atoms with E-state index in [2.05, 4.69) is 19.9 Å². The molecule has 0 radical (unpaired) electrons. The number of fused-ring (bicyclic) bond motifs is 1. The van der Waals surface area contributed by atoms with E-state index in [-0.39, 0.29) is 35.7 Å². The Kier molecular flexibility index (Phi) is 3.41. The van der Waals surface area contributed by atoms with E-state index in [9.17, 15) is 9.59 Å². The van der Waals surface area contributed by atoms with Gasteiger partial charge in [-0.05, 0) is 13.8 Å². The molecule has 0 amide bonds. The summed E-state index contributed by atoms with van der Waals surface area (Å²) >= 11 is 0. The van der Waals surface area contributed by atoms with Gasteiger partial charge in [-0.1, -0.05) is 0 Å². The van der Waals surface area contributed by atoms with Gasteiger partial charge in [0.15, 0.2) is 11.5 Å². The van der Waals surface area contributed by atoms with Crippen LogP contribution in [-0.4, -0.2) is 32.5 Å². The summed E-state index contributed by atoms with van der Waals surface area (Å²) in [6, 6.07) is 0. The lowest BCUT2D eigenvalue weighted by Crippen LogP contribution is -2.21. The molecule has 0 unspecified atom stereocenters. The van der Waals surface area contributed by atoms with Gasteiger partial charge in [0, 0.05) is 0 Å². The van der Waals surface area contributed by atoms with Crippen molar-refractivity contribution < 1.29 is 9.53 Å². The maximum atomic E-state index is 11.8. The number of aromatic nitrogens is 4. The summed E-state index contributed by atoms with van der Waals surface area (Å²) < 4.78 is 4.77. The van der Waals surface area contributed by atoms with E-state index in [1.165, 1.54) is 0 Å². The Hall–Kier alpha value is -2.51. The molecular formula is C11H13N5O3. The minimum Gasteiger partial charge on any atom is -0.466 e. The summed E-state index contributed by atoms with van der Waals surface area (Å²) in [7, 11) is 0. The molecule has 0 aliphatic carbocycles. The monoisotopic (exact) mass is 263 g/mol. The van der Waals surface area contributed by atoms with Crippen LogP contribution in [0.1, 0.15) is 18.4 Å². The number of nitrogens with zero attached hydrogens (tertiary/aromatic N) is 3. The second-order valence-electron chi connectivity index (χ2n) is 3.85. The Morgan fingerprint density at radius 1 is 1.37 bits per heavy atom. The number of ether oxygens (including phenoxy) is 1. The fourth-order valence-corrected chi connectivity index (χ4v) is 1.62. The van der Waals surface area contributed by atoms with Crippen LogP contribution in [0.4, 0.5) is 5.82 Å². The lowest BCUT2D eigenvalue weighted by atomic mass is 10.3. The normalized spacial score (nSPS) is 10.6. The van der Waals surface area contributed by atoms with E-state index >= 15 is 0 Å². The zero-order valence-corrected chi connectivity index (χ0v) is 10.6. The summed E-state index contributed by atoms with van der Waals surface area (Å²) in [6.07, 6.45) is -0.216. The minimum atomic E-state index is -0.522. The maximum Gasteiger partial charge on any atom is 0.312 e. The second-order valence-corrected chi connectivity index (χ2v) is 3.85. The summed E-state index contributed by atoms with van der Waals surface area (Å²) in [5.74, 6) is 0.0657. The Labute approximate surface area is 108 Å². The number of hydrogen-bond acceptors (Lipinski definition) is 7. The molecule has 0 bridgehead atoms. The quantitative estimate of drug-likeness (QED) is 0.729. The smallest absolute Gasteiger partial charge is 0.312 e. The molecule has 100 valence electrons. The number of rotatable bonds is 3. The average molecular weight is 263 g/mol. The molecule has 8 nitrogen and oxygen atoms in total. The average Bonchev–Trinajstić information content (AvgIpc) is 2.31. The molecule has 2 rings (SSSR count). The van der Waals surface area contributed by atoms with Crippen molar-refractivity contribution in [1.82, 2.24) is 19.9 Å². The summed E-state index contributed by atoms with van der Waals surface area (Å²) in [4.78, 5) is 37.7. The first-order valence-electron chi connectivity index (χ1n) is 5.70. The van der Waals surface area contributed by atoms with Gasteiger partial charge in [0.25, 0.3) is 5.56 Å². The van der Waals surface area contributed by atoms with Crippen LogP contribution in [0.25, 0.3) is 11.2 Å². The molecule has 2 aromatic rings. The molecule has 0 aromatic carbocycles. The fraction of sp³-hybridized carbons (Fsp3) is 0.364. The number of carbonyl (C=O) groups is 1. The van der Waals surface area contributed by atoms with Crippen LogP contribution in [0.5, 0.6) is 0 Å². The number of aromatic amines is 1. The van der Waals surface area contributed by atoms with Crippen molar-refractivity contribution in [3.8, 4) is 0 Å². The van der Waals surface area contributed by atoms with Gasteiger partial charge in [-0.25, -0.2) is 15.0 Å². The summed E-state index contributed by atoms with van der Waals surface area (Å²) in [5, 5.41) is 0. The SMILES string of the molecule is CCOC(=O)Cc1nc2c(N)nc(C)nc2[nH]c1=O. The second kappa shape index (κ2) is 5.01. The van der Waals surface area contributed by atoms with Crippen molar-refractivity contribution in [3.05, 3.63) is 21.9 Å². The van der Waals surface area contributed by atoms with E-state index < -0.39 is 11.5 Å². The first-order chi connectivity index (χ1) is 9.01. The third kappa shape index (κ3) is 2.67. The number of esters is 1. The Morgan fingerprint density at radius 3 is 2.79 bits per heavy atom. The number of nitrogens with two attached hydrogens (primary N) is 1. The molecule has 3 N–H and O–H groups in total. The predicted molar refractivity (Wildman–Crippen MR) is 67.4 cm³/mol. The molecule has 0 saturated carbocycles. The van der Waals surface area contributed by atoms with E-state index in [1.807, 2.05) is 0 Å². The summed E-state index contributed by atoms with van der Waals surface area (Å²) in [6.45, 7) is 3.58. The molecule has 8 heteroatoms. The molecular weight excluding hydrogens is 250 g/mol. The molecule has 0 fully saturated rings. The highest BCUT2D eigenvalue weighted by Gasteiger charge is 2.13. The maximum absolute atomic E-state index is 11.8. The fourth-order valence-electron chi connectivity index (χ4n) is 1.62. The van der Waals surface area contributed by atoms with Crippen LogP contribution < -0.4 is 11.3 Å². The van der Waals surface area contributed by atoms with E-state index in [1.54, 1.807) is 13.8 Å². The van der Waals surface area contributed by atoms with Crippen molar-refractivity contribution in [2.24, 2.45) is 0 Å². The molecule has 0 aliphatic heterocycles. The zero-order chi connectivity index (χ0) is 14.0. The van der Waals surface area contributed by atoms with Gasteiger partial charge < -0.3 is 15.5 Å². The minimum absolute atomic E-state index is 0.0325. The third-order valence-corrected chi connectivity index (χ3v) is 2.38. The number of anilines is 1. The topological polar surface area (TPSA) is 124 Å². The highest BCUT2D eigenvalue weighted by atomic mass is 16.5. The largest absolute Gasteiger partial charge is 0.466 e. The molecule has 0 aliphatic rings. The Morgan fingerprint density at radius 2 is 2.11 bits per heavy atom. The van der Waals surface area contributed by atoms with Crippen molar-refractivity contribution in [1.29, 1.82) is 0 Å². The predicted octanol–water partition coefficient (Wildman–Crippen LogP) is -0.291. The van der Waals surface area contributed by atoms with Crippen LogP contribution in [0.2, 0.25) is 0 Å². The number of H-pyrrole nitrogens is 1. The molecule has 2 heterocycles. The first-order valence-corrected chi connectivity index (χ1v) is 5.70. The van der Waals surface area contributed by atoms with Gasteiger partial charge in [0.1, 0.15) is 17.0 Å². The number of carbonyl (C=O) groups excluding carboxylic acids is 1. The van der Waals surface area contributed by atoms with E-state index in [0.29, 0.717) is 5.82 Å². The van der Waals surface area contributed by atoms with Gasteiger partial charge in [0.05, 0.1) is 13.0 Å². The summed E-state index contributed by atoms with van der Waals surface area (Å²) in [5.41, 5.74) is 5.78. The van der Waals surface area contributed by atoms with Crippen LogP contribution in [0.15, 0.2) is 4.79 Å². The van der Waals surface area contributed by atoms with Crippen molar-refractivity contribution in [2.45, 2.75) is 20.3 Å². The number of nitrogen functional groups attached to an aromatic ring is 1. The molecule has 2 aromatic heterocycles. The number of aryl methyl sites for hydroxylation is 1. The van der Waals surface area contributed by atoms with Gasteiger partial charge in [-0.15, -0.1) is 0 Å². The Balaban J connectivity index is 2.49. The van der Waals surface area contributed by atoms with Crippen LogP contribution in [0.3, 0.4) is 0 Å². The number of hydrogen-bond donors (Lipinski definition) is 2. The van der Waals surface area contributed by atoms with Gasteiger partial charge in [0.2, 0.25) is 0 Å². The lowest BCUT2D eigenvalue weighted by Gasteiger charge is -2.04. The van der Waals surface area contributed by atoms with Gasteiger partial charge in [-0.2, -0.15) is 0 Å². The molecule has 0 saturated heterocycles. The van der Waals surface area contributed by atoms with E-state index in [0.717, 1.165) is 0 Å². The first kappa shape index (κ1) is 12.9. The van der Waals surface area contributed by atoms with Crippen molar-refractivity contribution in [3.63, 3.8) is 0 Å². The lowest BCUT2D eigenvalue weighted by molar-refractivity contribution is -0.142.